The number of aromatic nitrogens is 1. The van der Waals surface area contributed by atoms with Crippen LogP contribution < -0.4 is 11.1 Å². The maximum atomic E-state index is 12.3. The lowest BCUT2D eigenvalue weighted by atomic mass is 9.82. The molecule has 1 aromatic carbocycles. The summed E-state index contributed by atoms with van der Waals surface area (Å²) in [7, 11) is 0. The summed E-state index contributed by atoms with van der Waals surface area (Å²) in [5.74, 6) is -0.0403. The average Bonchev–Trinajstić information content (AvgIpc) is 3.03. The van der Waals surface area contributed by atoms with Crippen LogP contribution in [0.5, 0.6) is 0 Å². The molecule has 0 unspecified atom stereocenters. The van der Waals surface area contributed by atoms with Gasteiger partial charge in [-0.3, -0.25) is 4.79 Å². The Bertz CT molecular complexity index is 638. The molecule has 4 nitrogen and oxygen atoms in total. The Hall–Kier alpha value is -1.43. The van der Waals surface area contributed by atoms with Crippen molar-refractivity contribution in [1.29, 1.82) is 0 Å². The molecule has 1 saturated carbocycles. The number of amides is 1. The second-order valence-corrected chi connectivity index (χ2v) is 6.77. The number of nitrogens with one attached hydrogen (secondary N) is 1. The fourth-order valence-electron chi connectivity index (χ4n) is 2.86. The van der Waals surface area contributed by atoms with Crippen molar-refractivity contribution in [2.24, 2.45) is 5.73 Å². The Balaban J connectivity index is 0.00000192. The molecular formula is C17H22ClN3OS. The van der Waals surface area contributed by atoms with Crippen LogP contribution in [0.3, 0.4) is 0 Å². The van der Waals surface area contributed by atoms with E-state index in [0.29, 0.717) is 6.54 Å². The minimum atomic E-state index is -0.684. The zero-order valence-electron chi connectivity index (χ0n) is 13.0. The number of rotatable bonds is 4. The Kier molecular flexibility index (Phi) is 6.16. The van der Waals surface area contributed by atoms with E-state index in [1.165, 1.54) is 6.42 Å². The van der Waals surface area contributed by atoms with E-state index in [0.717, 1.165) is 41.9 Å². The van der Waals surface area contributed by atoms with Crippen molar-refractivity contribution >= 4 is 29.7 Å². The fraction of sp³-hybridized carbons (Fsp3) is 0.412. The molecule has 0 aliphatic heterocycles. The third kappa shape index (κ3) is 4.31. The molecule has 0 spiro atoms. The number of hydrogen-bond acceptors (Lipinski definition) is 4. The molecule has 0 radical (unpaired) electrons. The average molecular weight is 352 g/mol. The van der Waals surface area contributed by atoms with Crippen molar-refractivity contribution in [3.8, 4) is 10.6 Å². The lowest BCUT2D eigenvalue weighted by Crippen LogP contribution is -2.54. The van der Waals surface area contributed by atoms with Gasteiger partial charge in [-0.15, -0.1) is 23.7 Å². The molecule has 23 heavy (non-hydrogen) atoms. The number of halogens is 1. The van der Waals surface area contributed by atoms with Crippen LogP contribution in [-0.2, 0) is 11.3 Å². The third-order valence-electron chi connectivity index (χ3n) is 4.20. The number of carbonyl (C=O) groups excluding carboxylic acids is 1. The highest BCUT2D eigenvalue weighted by Crippen LogP contribution is 2.26. The fourth-order valence-corrected chi connectivity index (χ4v) is 3.68. The van der Waals surface area contributed by atoms with Crippen LogP contribution in [0.15, 0.2) is 35.7 Å². The molecule has 2 aromatic rings. The maximum Gasteiger partial charge on any atom is 0.240 e. The van der Waals surface area contributed by atoms with E-state index in [2.05, 4.69) is 10.3 Å². The second-order valence-electron chi connectivity index (χ2n) is 5.91. The van der Waals surface area contributed by atoms with E-state index in [-0.39, 0.29) is 18.3 Å². The summed E-state index contributed by atoms with van der Waals surface area (Å²) in [4.78, 5) is 16.9. The summed E-state index contributed by atoms with van der Waals surface area (Å²) in [5, 5.41) is 5.92. The minimum Gasteiger partial charge on any atom is -0.349 e. The normalized spacial score (nSPS) is 16.4. The van der Waals surface area contributed by atoms with Gasteiger partial charge in [0.05, 0.1) is 17.8 Å². The van der Waals surface area contributed by atoms with Gasteiger partial charge in [0, 0.05) is 10.9 Å². The van der Waals surface area contributed by atoms with Crippen molar-refractivity contribution in [2.75, 3.05) is 0 Å². The summed E-state index contributed by atoms with van der Waals surface area (Å²) < 4.78 is 0. The van der Waals surface area contributed by atoms with E-state index in [9.17, 15) is 4.79 Å². The van der Waals surface area contributed by atoms with Crippen LogP contribution in [-0.4, -0.2) is 16.4 Å². The Morgan fingerprint density at radius 1 is 1.22 bits per heavy atom. The molecule has 6 heteroatoms. The van der Waals surface area contributed by atoms with Crippen molar-refractivity contribution in [1.82, 2.24) is 10.3 Å². The number of nitrogens with zero attached hydrogens (tertiary/aromatic N) is 1. The van der Waals surface area contributed by atoms with E-state index in [1.54, 1.807) is 11.3 Å². The molecule has 0 atom stereocenters. The van der Waals surface area contributed by atoms with Gasteiger partial charge >= 0.3 is 0 Å². The summed E-state index contributed by atoms with van der Waals surface area (Å²) in [6.07, 6.45) is 4.83. The number of thiazole rings is 1. The molecule has 1 aliphatic rings. The van der Waals surface area contributed by atoms with Crippen LogP contribution in [0.1, 0.15) is 37.8 Å². The lowest BCUT2D eigenvalue weighted by molar-refractivity contribution is -0.127. The number of benzene rings is 1. The van der Waals surface area contributed by atoms with Gasteiger partial charge in [0.2, 0.25) is 5.91 Å². The molecule has 1 heterocycles. The number of hydrogen-bond donors (Lipinski definition) is 2. The third-order valence-corrected chi connectivity index (χ3v) is 5.14. The van der Waals surface area contributed by atoms with Crippen LogP contribution in [0.25, 0.3) is 10.6 Å². The van der Waals surface area contributed by atoms with E-state index >= 15 is 0 Å². The molecule has 0 bridgehead atoms. The largest absolute Gasteiger partial charge is 0.349 e. The second kappa shape index (κ2) is 7.90. The first-order valence-corrected chi connectivity index (χ1v) is 8.62. The van der Waals surface area contributed by atoms with Gasteiger partial charge in [0.25, 0.3) is 0 Å². The summed E-state index contributed by atoms with van der Waals surface area (Å²) >= 11 is 1.60. The first kappa shape index (κ1) is 17.9. The number of carbonyl (C=O) groups is 1. The van der Waals surface area contributed by atoms with Gasteiger partial charge in [0.1, 0.15) is 5.01 Å². The highest BCUT2D eigenvalue weighted by atomic mass is 35.5. The highest BCUT2D eigenvalue weighted by Gasteiger charge is 2.34. The van der Waals surface area contributed by atoms with Gasteiger partial charge in [0.15, 0.2) is 0 Å². The number of nitrogens with two attached hydrogens (primary N) is 1. The smallest absolute Gasteiger partial charge is 0.240 e. The SMILES string of the molecule is Cl.NC1(C(=O)NCc2csc(-c3ccccc3)n2)CCCCC1. The molecule has 0 saturated heterocycles. The summed E-state index contributed by atoms with van der Waals surface area (Å²) in [6.45, 7) is 0.446. The molecule has 3 rings (SSSR count). The molecule has 1 amide bonds. The van der Waals surface area contributed by atoms with Crippen molar-refractivity contribution in [3.05, 3.63) is 41.4 Å². The quantitative estimate of drug-likeness (QED) is 0.885. The van der Waals surface area contributed by atoms with E-state index < -0.39 is 5.54 Å². The van der Waals surface area contributed by atoms with Gasteiger partial charge < -0.3 is 11.1 Å². The molecule has 3 N–H and O–H groups in total. The standard InChI is InChI=1S/C17H21N3OS.ClH/c18-17(9-5-2-6-10-17)16(21)19-11-14-12-22-15(20-14)13-7-3-1-4-8-13;/h1,3-4,7-8,12H,2,5-6,9-11,18H2,(H,19,21);1H. The molecule has 1 aromatic heterocycles. The van der Waals surface area contributed by atoms with Crippen molar-refractivity contribution < 1.29 is 4.79 Å². The van der Waals surface area contributed by atoms with Crippen LogP contribution in [0.2, 0.25) is 0 Å². The van der Waals surface area contributed by atoms with Crippen molar-refractivity contribution in [2.45, 2.75) is 44.2 Å². The first-order valence-electron chi connectivity index (χ1n) is 7.74. The van der Waals surface area contributed by atoms with Gasteiger partial charge in [-0.2, -0.15) is 0 Å². The van der Waals surface area contributed by atoms with Gasteiger partial charge in [-0.1, -0.05) is 49.6 Å². The monoisotopic (exact) mass is 351 g/mol. The van der Waals surface area contributed by atoms with Crippen LogP contribution in [0, 0.1) is 0 Å². The highest BCUT2D eigenvalue weighted by molar-refractivity contribution is 7.13. The zero-order chi connectivity index (χ0) is 15.4. The predicted molar refractivity (Wildman–Crippen MR) is 96.6 cm³/mol. The van der Waals surface area contributed by atoms with Crippen LogP contribution in [0.4, 0.5) is 0 Å². The molecular weight excluding hydrogens is 330 g/mol. The maximum absolute atomic E-state index is 12.3. The van der Waals surface area contributed by atoms with E-state index in [1.807, 2.05) is 35.7 Å². The predicted octanol–water partition coefficient (Wildman–Crippen LogP) is 3.51. The Morgan fingerprint density at radius 2 is 1.91 bits per heavy atom. The topological polar surface area (TPSA) is 68.0 Å². The van der Waals surface area contributed by atoms with Crippen molar-refractivity contribution in [3.63, 3.8) is 0 Å². The Labute approximate surface area is 146 Å². The lowest BCUT2D eigenvalue weighted by Gasteiger charge is -2.31. The van der Waals surface area contributed by atoms with E-state index in [4.69, 9.17) is 5.73 Å². The first-order chi connectivity index (χ1) is 10.7. The molecule has 124 valence electrons. The summed E-state index contributed by atoms with van der Waals surface area (Å²) in [6, 6.07) is 10.1. The zero-order valence-corrected chi connectivity index (χ0v) is 14.6. The summed E-state index contributed by atoms with van der Waals surface area (Å²) in [5.41, 5.74) is 7.54. The minimum absolute atomic E-state index is 0. The Morgan fingerprint density at radius 3 is 2.61 bits per heavy atom. The van der Waals surface area contributed by atoms with Crippen LogP contribution >= 0.6 is 23.7 Å². The molecule has 1 fully saturated rings. The van der Waals surface area contributed by atoms with Gasteiger partial charge in [-0.25, -0.2) is 4.98 Å². The van der Waals surface area contributed by atoms with Gasteiger partial charge in [-0.05, 0) is 12.8 Å². The molecule has 1 aliphatic carbocycles.